The quantitative estimate of drug-likeness (QED) is 0.397. The van der Waals surface area contributed by atoms with Gasteiger partial charge in [0.2, 0.25) is 0 Å². The van der Waals surface area contributed by atoms with Crippen molar-refractivity contribution in [3.05, 3.63) is 89.7 Å². The molecule has 0 radical (unpaired) electrons. The van der Waals surface area contributed by atoms with E-state index in [9.17, 15) is 9.50 Å². The molecule has 4 rings (SSSR count). The molecule has 0 aliphatic heterocycles. The van der Waals surface area contributed by atoms with E-state index in [1.165, 1.54) is 12.1 Å². The smallest absolute Gasteiger partial charge is 0.199 e. The fraction of sp³-hybridized carbons (Fsp3) is 0.192. The molecule has 3 aromatic carbocycles. The van der Waals surface area contributed by atoms with E-state index >= 15 is 0 Å². The molecule has 0 amide bonds. The highest BCUT2D eigenvalue weighted by Crippen LogP contribution is 2.32. The summed E-state index contributed by atoms with van der Waals surface area (Å²) >= 11 is 0. The standard InChI is InChI=1S/C26H27FN4O/c1-30(2)15-16-31(3)21-12-10-20(11-13-21)28-25(18-7-5-4-6-8-18)24-22-14-9-19(27)17-23(22)29-26(24)32/h4-14,17,29,32H,15-16H2,1-3H3. The zero-order valence-corrected chi connectivity index (χ0v) is 18.5. The summed E-state index contributed by atoms with van der Waals surface area (Å²) in [7, 11) is 6.19. The van der Waals surface area contributed by atoms with Crippen molar-refractivity contribution >= 4 is 28.0 Å². The number of aliphatic imine (C=N–C) groups is 1. The van der Waals surface area contributed by atoms with Crippen molar-refractivity contribution in [1.29, 1.82) is 0 Å². The number of halogens is 1. The van der Waals surface area contributed by atoms with Crippen LogP contribution < -0.4 is 4.90 Å². The van der Waals surface area contributed by atoms with Crippen LogP contribution in [0.2, 0.25) is 0 Å². The van der Waals surface area contributed by atoms with Gasteiger partial charge in [-0.1, -0.05) is 30.3 Å². The predicted octanol–water partition coefficient (Wildman–Crippen LogP) is 5.18. The number of aromatic nitrogens is 1. The minimum atomic E-state index is -0.363. The van der Waals surface area contributed by atoms with Gasteiger partial charge in [0, 0.05) is 36.8 Å². The molecule has 32 heavy (non-hydrogen) atoms. The highest BCUT2D eigenvalue weighted by atomic mass is 19.1. The molecule has 0 saturated heterocycles. The molecule has 5 nitrogen and oxygen atoms in total. The molecule has 0 bridgehead atoms. The molecule has 0 fully saturated rings. The lowest BCUT2D eigenvalue weighted by atomic mass is 10.0. The van der Waals surface area contributed by atoms with Crippen molar-refractivity contribution in [2.45, 2.75) is 0 Å². The average molecular weight is 431 g/mol. The molecule has 2 N–H and O–H groups in total. The lowest BCUT2D eigenvalue weighted by molar-refractivity contribution is 0.416. The minimum absolute atomic E-state index is 0.0340. The number of hydrogen-bond donors (Lipinski definition) is 2. The van der Waals surface area contributed by atoms with Gasteiger partial charge >= 0.3 is 0 Å². The van der Waals surface area contributed by atoms with E-state index < -0.39 is 0 Å². The van der Waals surface area contributed by atoms with Gasteiger partial charge in [0.25, 0.3) is 0 Å². The summed E-state index contributed by atoms with van der Waals surface area (Å²) in [6.45, 7) is 1.89. The van der Waals surface area contributed by atoms with Gasteiger partial charge in [-0.3, -0.25) is 0 Å². The van der Waals surface area contributed by atoms with Gasteiger partial charge in [-0.05, 0) is 56.6 Å². The van der Waals surface area contributed by atoms with Gasteiger partial charge in [0.15, 0.2) is 5.88 Å². The van der Waals surface area contributed by atoms with Crippen molar-refractivity contribution < 1.29 is 9.50 Å². The minimum Gasteiger partial charge on any atom is -0.494 e. The van der Waals surface area contributed by atoms with Crippen molar-refractivity contribution in [3.8, 4) is 5.88 Å². The Kier molecular flexibility index (Phi) is 6.23. The second-order valence-electron chi connectivity index (χ2n) is 8.11. The zero-order chi connectivity index (χ0) is 22.7. The van der Waals surface area contributed by atoms with Crippen LogP contribution in [0.15, 0.2) is 77.8 Å². The van der Waals surface area contributed by atoms with Crippen LogP contribution in [-0.2, 0) is 0 Å². The van der Waals surface area contributed by atoms with E-state index in [1.54, 1.807) is 6.07 Å². The molecule has 164 valence electrons. The number of hydrogen-bond acceptors (Lipinski definition) is 4. The van der Waals surface area contributed by atoms with E-state index in [1.807, 2.05) is 54.6 Å². The highest BCUT2D eigenvalue weighted by molar-refractivity contribution is 6.21. The summed E-state index contributed by atoms with van der Waals surface area (Å²) in [6, 6.07) is 22.1. The van der Waals surface area contributed by atoms with Crippen molar-refractivity contribution in [3.63, 3.8) is 0 Å². The Morgan fingerprint density at radius 2 is 1.66 bits per heavy atom. The summed E-state index contributed by atoms with van der Waals surface area (Å²) < 4.78 is 13.7. The molecule has 4 aromatic rings. The molecule has 0 unspecified atom stereocenters. The lowest BCUT2D eigenvalue weighted by Crippen LogP contribution is -2.28. The second kappa shape index (κ2) is 9.24. The van der Waals surface area contributed by atoms with Crippen molar-refractivity contribution in [1.82, 2.24) is 9.88 Å². The monoisotopic (exact) mass is 430 g/mol. The number of aromatic amines is 1. The van der Waals surface area contributed by atoms with E-state index in [0.29, 0.717) is 22.2 Å². The summed E-state index contributed by atoms with van der Waals surface area (Å²) in [5.74, 6) is -0.397. The Balaban J connectivity index is 1.75. The number of benzene rings is 3. The van der Waals surface area contributed by atoms with Gasteiger partial charge in [-0.2, -0.15) is 0 Å². The summed E-state index contributed by atoms with van der Waals surface area (Å²) in [6.07, 6.45) is 0. The Hall–Kier alpha value is -3.64. The fourth-order valence-corrected chi connectivity index (χ4v) is 3.65. The summed E-state index contributed by atoms with van der Waals surface area (Å²) in [5, 5.41) is 11.4. The Morgan fingerprint density at radius 1 is 0.938 bits per heavy atom. The molecule has 0 saturated carbocycles. The van der Waals surface area contributed by atoms with E-state index in [4.69, 9.17) is 4.99 Å². The molecule has 1 heterocycles. The second-order valence-corrected chi connectivity index (χ2v) is 8.11. The Morgan fingerprint density at radius 3 is 2.34 bits per heavy atom. The first kappa shape index (κ1) is 21.6. The number of H-pyrrole nitrogens is 1. The zero-order valence-electron chi connectivity index (χ0n) is 18.5. The molecule has 0 atom stereocenters. The van der Waals surface area contributed by atoms with Crippen LogP contribution in [0.1, 0.15) is 11.1 Å². The van der Waals surface area contributed by atoms with E-state index in [0.717, 1.165) is 30.0 Å². The SMILES string of the molecule is CN(C)CCN(C)c1ccc(N=C(c2ccccc2)c2c(O)[nH]c3cc(F)ccc23)cc1. The summed E-state index contributed by atoms with van der Waals surface area (Å²) in [4.78, 5) is 12.1. The van der Waals surface area contributed by atoms with Crippen LogP contribution in [0.3, 0.4) is 0 Å². The van der Waals surface area contributed by atoms with Crippen LogP contribution in [0.4, 0.5) is 15.8 Å². The number of anilines is 1. The first-order valence-electron chi connectivity index (χ1n) is 10.5. The average Bonchev–Trinajstić information content (AvgIpc) is 3.11. The number of fused-ring (bicyclic) bond motifs is 1. The fourth-order valence-electron chi connectivity index (χ4n) is 3.65. The molecule has 0 spiro atoms. The Bertz CT molecular complexity index is 1230. The molecule has 0 aliphatic rings. The third-order valence-corrected chi connectivity index (χ3v) is 5.44. The van der Waals surface area contributed by atoms with Crippen LogP contribution >= 0.6 is 0 Å². The third-order valence-electron chi connectivity index (χ3n) is 5.44. The van der Waals surface area contributed by atoms with Crippen LogP contribution in [0.25, 0.3) is 10.9 Å². The predicted molar refractivity (Wildman–Crippen MR) is 130 cm³/mol. The van der Waals surface area contributed by atoms with Gasteiger partial charge in [0.05, 0.1) is 22.5 Å². The molecular weight excluding hydrogens is 403 g/mol. The van der Waals surface area contributed by atoms with Crippen LogP contribution in [0.5, 0.6) is 5.88 Å². The largest absolute Gasteiger partial charge is 0.494 e. The number of nitrogens with one attached hydrogen (secondary N) is 1. The molecule has 1 aromatic heterocycles. The topological polar surface area (TPSA) is 54.9 Å². The number of nitrogens with zero attached hydrogens (tertiary/aromatic N) is 3. The van der Waals surface area contributed by atoms with Gasteiger partial charge < -0.3 is 19.9 Å². The highest BCUT2D eigenvalue weighted by Gasteiger charge is 2.19. The van der Waals surface area contributed by atoms with E-state index in [2.05, 4.69) is 35.9 Å². The third kappa shape index (κ3) is 4.65. The molecular formula is C26H27FN4O. The van der Waals surface area contributed by atoms with Crippen LogP contribution in [-0.4, -0.2) is 54.9 Å². The maximum atomic E-state index is 13.7. The van der Waals surface area contributed by atoms with E-state index in [-0.39, 0.29) is 11.7 Å². The molecule has 0 aliphatic carbocycles. The number of likely N-dealkylation sites (N-methyl/N-ethyl adjacent to an activating group) is 2. The normalized spacial score (nSPS) is 12.0. The first-order valence-corrected chi connectivity index (χ1v) is 10.5. The Labute approximate surface area is 187 Å². The van der Waals surface area contributed by atoms with Crippen molar-refractivity contribution in [2.24, 2.45) is 4.99 Å². The maximum Gasteiger partial charge on any atom is 0.199 e. The van der Waals surface area contributed by atoms with Gasteiger partial charge in [0.1, 0.15) is 5.82 Å². The number of aromatic hydroxyl groups is 1. The van der Waals surface area contributed by atoms with Crippen LogP contribution in [0, 0.1) is 5.82 Å². The first-order chi connectivity index (χ1) is 15.4. The number of rotatable bonds is 7. The van der Waals surface area contributed by atoms with Gasteiger partial charge in [-0.15, -0.1) is 0 Å². The maximum absolute atomic E-state index is 13.7. The molecule has 6 heteroatoms. The summed E-state index contributed by atoms with van der Waals surface area (Å²) in [5.41, 5.74) is 4.44. The van der Waals surface area contributed by atoms with Crippen molar-refractivity contribution in [2.75, 3.05) is 39.1 Å². The van der Waals surface area contributed by atoms with Gasteiger partial charge in [-0.25, -0.2) is 9.38 Å². The lowest BCUT2D eigenvalue weighted by Gasteiger charge is -2.21.